The molecule has 0 aromatic carbocycles. The van der Waals surface area contributed by atoms with Gasteiger partial charge in [0.1, 0.15) is 6.10 Å². The highest BCUT2D eigenvalue weighted by Crippen LogP contribution is 2.46. The predicted molar refractivity (Wildman–Crippen MR) is 149 cm³/mol. The van der Waals surface area contributed by atoms with Crippen LogP contribution in [0.5, 0.6) is 0 Å². The lowest BCUT2D eigenvalue weighted by Gasteiger charge is -2.36. The fraction of sp³-hybridized carbons (Fsp3) is 0.889. The van der Waals surface area contributed by atoms with Crippen LogP contribution in [0.3, 0.4) is 0 Å². The van der Waals surface area contributed by atoms with Crippen LogP contribution >= 0.6 is 8.53 Å². The molecular formula is C27H50N3O8P. The first-order chi connectivity index (χ1) is 18.7. The molecule has 1 heterocycles. The number of ether oxygens (including phenoxy) is 4. The zero-order valence-corrected chi connectivity index (χ0v) is 25.7. The maximum atomic E-state index is 12.7. The molecule has 0 aromatic heterocycles. The number of nitriles is 1. The molecule has 0 radical (unpaired) electrons. The van der Waals surface area contributed by atoms with Crippen molar-refractivity contribution in [1.29, 1.82) is 5.26 Å². The quantitative estimate of drug-likeness (QED) is 0.118. The van der Waals surface area contributed by atoms with Crippen LogP contribution in [-0.4, -0.2) is 86.7 Å². The van der Waals surface area contributed by atoms with E-state index in [1.807, 2.05) is 41.5 Å². The number of likely N-dealkylation sites (N-methyl/N-ethyl adjacent to an activating group) is 1. The zero-order chi connectivity index (χ0) is 29.2. The van der Waals surface area contributed by atoms with Crippen LogP contribution in [0.25, 0.3) is 0 Å². The van der Waals surface area contributed by atoms with Crippen LogP contribution in [-0.2, 0) is 37.6 Å². The second kappa shape index (κ2) is 20.5. The van der Waals surface area contributed by atoms with Gasteiger partial charge < -0.3 is 33.3 Å². The van der Waals surface area contributed by atoms with E-state index in [0.29, 0.717) is 26.0 Å². The molecular weight excluding hydrogens is 525 g/mol. The molecule has 5 atom stereocenters. The summed E-state index contributed by atoms with van der Waals surface area (Å²) in [5.41, 5.74) is 0. The smallest absolute Gasteiger partial charge is 0.306 e. The molecule has 226 valence electrons. The Morgan fingerprint density at radius 3 is 2.08 bits per heavy atom. The van der Waals surface area contributed by atoms with Gasteiger partial charge in [0.15, 0.2) is 18.5 Å². The van der Waals surface area contributed by atoms with E-state index >= 15 is 0 Å². The summed E-state index contributed by atoms with van der Waals surface area (Å²) in [5.74, 6) is -0.781. The third-order valence-corrected chi connectivity index (χ3v) is 7.99. The Morgan fingerprint density at radius 1 is 0.974 bits per heavy atom. The summed E-state index contributed by atoms with van der Waals surface area (Å²) in [5, 5.41) is 12.0. The fourth-order valence-electron chi connectivity index (χ4n) is 4.02. The fourth-order valence-corrected chi connectivity index (χ4v) is 5.64. The highest BCUT2D eigenvalue weighted by molar-refractivity contribution is 7.44. The number of hydrogen-bond donors (Lipinski definition) is 1. The van der Waals surface area contributed by atoms with E-state index in [-0.39, 0.29) is 50.5 Å². The summed E-state index contributed by atoms with van der Waals surface area (Å²) in [4.78, 5) is 25.3. The Labute approximate surface area is 236 Å². The third-order valence-electron chi connectivity index (χ3n) is 5.92. The third kappa shape index (κ3) is 13.2. The molecule has 1 saturated heterocycles. The minimum Gasteiger partial charge on any atom is -0.455 e. The minimum atomic E-state index is -1.54. The number of unbranched alkanes of at least 4 members (excludes halogenated alkanes) is 2. The summed E-state index contributed by atoms with van der Waals surface area (Å²) in [6, 6.07) is 2.33. The monoisotopic (exact) mass is 575 g/mol. The molecule has 0 spiro atoms. The lowest BCUT2D eigenvalue weighted by molar-refractivity contribution is -0.190. The van der Waals surface area contributed by atoms with Crippen molar-refractivity contribution >= 4 is 20.5 Å². The molecule has 0 amide bonds. The molecule has 11 nitrogen and oxygen atoms in total. The number of carbonyl (C=O) groups excluding carboxylic acids is 2. The number of rotatable bonds is 21. The molecule has 1 fully saturated rings. The van der Waals surface area contributed by atoms with Gasteiger partial charge in [0, 0.05) is 31.5 Å². The number of carbonyl (C=O) groups is 2. The standard InChI is InChI=1S/C27H50N3O8P/c1-8-10-13-23(31)37-25-22(19-35-39(34-17-12-15-28)30(20(3)4)21(5)6)36-27(33-18-16-29-7)26(25)38-24(32)14-11-9-2/h20-22,25-27,29H,8-14,16-19H2,1-7H3. The van der Waals surface area contributed by atoms with E-state index in [4.69, 9.17) is 33.3 Å². The van der Waals surface area contributed by atoms with Gasteiger partial charge in [-0.2, -0.15) is 5.26 Å². The summed E-state index contributed by atoms with van der Waals surface area (Å²) in [6.45, 7) is 13.3. The SMILES string of the molecule is CCCCC(=O)OC1C(COP(OCCC#N)N(C(C)C)C(C)C)OC(OCCNC)C1OC(=O)CCCC. The molecule has 1 aliphatic heterocycles. The van der Waals surface area contributed by atoms with Crippen molar-refractivity contribution in [3.05, 3.63) is 0 Å². The second-order valence-corrected chi connectivity index (χ2v) is 11.4. The van der Waals surface area contributed by atoms with Gasteiger partial charge in [0.25, 0.3) is 8.53 Å². The summed E-state index contributed by atoms with van der Waals surface area (Å²) < 4.78 is 38.1. The van der Waals surface area contributed by atoms with Gasteiger partial charge >= 0.3 is 11.9 Å². The molecule has 0 aromatic rings. The first-order valence-electron chi connectivity index (χ1n) is 14.2. The Hall–Kier alpha value is -1.38. The molecule has 1 aliphatic rings. The number of hydrogen-bond acceptors (Lipinski definition) is 11. The van der Waals surface area contributed by atoms with Crippen LogP contribution in [0.2, 0.25) is 0 Å². The van der Waals surface area contributed by atoms with Crippen molar-refractivity contribution in [2.24, 2.45) is 0 Å². The highest BCUT2D eigenvalue weighted by atomic mass is 31.2. The summed E-state index contributed by atoms with van der Waals surface area (Å²) in [6.07, 6.45) is 0.321. The van der Waals surface area contributed by atoms with Crippen LogP contribution in [0.15, 0.2) is 0 Å². The zero-order valence-electron chi connectivity index (χ0n) is 24.8. The average molecular weight is 576 g/mol. The van der Waals surface area contributed by atoms with E-state index in [0.717, 1.165) is 12.8 Å². The minimum absolute atomic E-state index is 0.0226. The number of esters is 2. The van der Waals surface area contributed by atoms with Crippen molar-refractivity contribution in [2.45, 2.75) is 123 Å². The maximum absolute atomic E-state index is 12.7. The van der Waals surface area contributed by atoms with Gasteiger partial charge in [-0.25, -0.2) is 4.67 Å². The van der Waals surface area contributed by atoms with Gasteiger partial charge in [-0.1, -0.05) is 26.7 Å². The van der Waals surface area contributed by atoms with Crippen LogP contribution in [0, 0.1) is 11.3 Å². The molecule has 12 heteroatoms. The molecule has 39 heavy (non-hydrogen) atoms. The molecule has 0 bridgehead atoms. The van der Waals surface area contributed by atoms with E-state index in [1.54, 1.807) is 7.05 Å². The average Bonchev–Trinajstić information content (AvgIpc) is 3.19. The van der Waals surface area contributed by atoms with Crippen LogP contribution < -0.4 is 5.32 Å². The number of nitrogens with zero attached hydrogens (tertiary/aromatic N) is 2. The molecule has 1 rings (SSSR count). The second-order valence-electron chi connectivity index (χ2n) is 9.98. The van der Waals surface area contributed by atoms with E-state index < -0.39 is 39.1 Å². The molecule has 0 aliphatic carbocycles. The summed E-state index contributed by atoms with van der Waals surface area (Å²) >= 11 is 0. The number of nitrogens with one attached hydrogen (secondary N) is 1. The predicted octanol–water partition coefficient (Wildman–Crippen LogP) is 4.44. The van der Waals surface area contributed by atoms with E-state index in [2.05, 4.69) is 16.1 Å². The molecule has 5 unspecified atom stereocenters. The topological polar surface area (TPSA) is 129 Å². The van der Waals surface area contributed by atoms with Crippen molar-refractivity contribution in [3.63, 3.8) is 0 Å². The van der Waals surface area contributed by atoms with Gasteiger partial charge in [0.2, 0.25) is 0 Å². The lowest BCUT2D eigenvalue weighted by atomic mass is 10.1. The molecule has 0 saturated carbocycles. The van der Waals surface area contributed by atoms with Gasteiger partial charge in [0.05, 0.1) is 32.3 Å². The Morgan fingerprint density at radius 2 is 1.56 bits per heavy atom. The lowest BCUT2D eigenvalue weighted by Crippen LogP contribution is -2.42. The van der Waals surface area contributed by atoms with Gasteiger partial charge in [-0.15, -0.1) is 0 Å². The van der Waals surface area contributed by atoms with Crippen molar-refractivity contribution in [2.75, 3.05) is 33.4 Å². The largest absolute Gasteiger partial charge is 0.455 e. The van der Waals surface area contributed by atoms with Gasteiger partial charge in [-0.05, 0) is 47.6 Å². The van der Waals surface area contributed by atoms with E-state index in [9.17, 15) is 9.59 Å². The van der Waals surface area contributed by atoms with Crippen LogP contribution in [0.1, 0.15) is 86.5 Å². The Balaban J connectivity index is 3.19. The Kier molecular flexibility index (Phi) is 18.7. The molecule has 1 N–H and O–H groups in total. The van der Waals surface area contributed by atoms with Gasteiger partial charge in [-0.3, -0.25) is 9.59 Å². The normalized spacial score (nSPS) is 21.9. The van der Waals surface area contributed by atoms with Crippen molar-refractivity contribution in [3.8, 4) is 6.07 Å². The summed E-state index contributed by atoms with van der Waals surface area (Å²) in [7, 11) is 0.262. The highest BCUT2D eigenvalue weighted by Gasteiger charge is 2.51. The van der Waals surface area contributed by atoms with E-state index in [1.165, 1.54) is 0 Å². The first-order valence-corrected chi connectivity index (χ1v) is 15.3. The van der Waals surface area contributed by atoms with Crippen molar-refractivity contribution in [1.82, 2.24) is 9.99 Å². The first kappa shape index (κ1) is 35.6. The van der Waals surface area contributed by atoms with Crippen molar-refractivity contribution < 1.29 is 37.6 Å². The maximum Gasteiger partial charge on any atom is 0.306 e. The van der Waals surface area contributed by atoms with Crippen LogP contribution in [0.4, 0.5) is 0 Å². The Bertz CT molecular complexity index is 728.